The molecule has 1 aliphatic heterocycles. The molecule has 3 atom stereocenters. The van der Waals surface area contributed by atoms with Gasteiger partial charge in [0.15, 0.2) is 0 Å². The van der Waals surface area contributed by atoms with Crippen molar-refractivity contribution in [2.45, 2.75) is 43.3 Å². The Kier molecular flexibility index (Phi) is 4.73. The first-order valence-corrected chi connectivity index (χ1v) is 11.0. The van der Waals surface area contributed by atoms with Crippen LogP contribution in [0.15, 0.2) is 48.5 Å². The van der Waals surface area contributed by atoms with E-state index in [2.05, 4.69) is 23.1 Å². The minimum atomic E-state index is -0.927. The van der Waals surface area contributed by atoms with Crippen molar-refractivity contribution in [1.82, 2.24) is 4.90 Å². The quantitative estimate of drug-likeness (QED) is 0.727. The molecule has 2 bridgehead atoms. The molecule has 158 valence electrons. The van der Waals surface area contributed by atoms with Crippen molar-refractivity contribution >= 4 is 5.91 Å². The van der Waals surface area contributed by atoms with E-state index >= 15 is 0 Å². The summed E-state index contributed by atoms with van der Waals surface area (Å²) in [5.41, 5.74) is 7.67. The van der Waals surface area contributed by atoms with E-state index in [1.54, 1.807) is 18.2 Å². The van der Waals surface area contributed by atoms with E-state index in [9.17, 15) is 15.0 Å². The highest BCUT2D eigenvalue weighted by Crippen LogP contribution is 2.51. The Hall–Kier alpha value is -2.21. The number of benzene rings is 2. The van der Waals surface area contributed by atoms with Gasteiger partial charge in [0.05, 0.1) is 11.2 Å². The lowest BCUT2D eigenvalue weighted by atomic mass is 9.74. The monoisotopic (exact) mass is 406 g/mol. The smallest absolute Gasteiger partial charge is 0.248 e. The zero-order valence-electron chi connectivity index (χ0n) is 17.3. The van der Waals surface area contributed by atoms with Crippen molar-refractivity contribution in [1.29, 1.82) is 0 Å². The maximum absolute atomic E-state index is 11.7. The highest BCUT2D eigenvalue weighted by molar-refractivity contribution is 5.92. The Morgan fingerprint density at radius 3 is 2.43 bits per heavy atom. The van der Waals surface area contributed by atoms with Crippen molar-refractivity contribution in [3.05, 3.63) is 70.8 Å². The number of carbonyl (C=O) groups is 1. The molecule has 2 aromatic rings. The highest BCUT2D eigenvalue weighted by Gasteiger charge is 2.54. The molecular weight excluding hydrogens is 376 g/mol. The molecule has 1 heterocycles. The first kappa shape index (κ1) is 19.7. The fourth-order valence-corrected chi connectivity index (χ4v) is 6.19. The topological polar surface area (TPSA) is 86.8 Å². The van der Waals surface area contributed by atoms with Crippen LogP contribution >= 0.6 is 0 Å². The number of β-amino-alcohol motifs (C(OH)–C–C–N with tert-alkyl or cyclic N) is 1. The lowest BCUT2D eigenvalue weighted by Crippen LogP contribution is -2.56. The Balaban J connectivity index is 1.33. The van der Waals surface area contributed by atoms with Gasteiger partial charge in [-0.15, -0.1) is 0 Å². The van der Waals surface area contributed by atoms with Crippen LogP contribution in [0.3, 0.4) is 0 Å². The average Bonchev–Trinajstić information content (AvgIpc) is 2.90. The SMILES string of the molecule is NC(=O)c1cccc(C2(O)C3CCC2CN(CC2(O)CCc4ccccc4C2)C3)c1. The van der Waals surface area contributed by atoms with Crippen LogP contribution in [0.5, 0.6) is 0 Å². The average molecular weight is 407 g/mol. The second kappa shape index (κ2) is 7.19. The zero-order chi connectivity index (χ0) is 20.9. The number of nitrogens with zero attached hydrogens (tertiary/aromatic N) is 1. The van der Waals surface area contributed by atoms with E-state index in [-0.39, 0.29) is 11.8 Å². The molecule has 0 radical (unpaired) electrons. The maximum atomic E-state index is 11.7. The van der Waals surface area contributed by atoms with E-state index in [1.165, 1.54) is 11.1 Å². The van der Waals surface area contributed by atoms with Gasteiger partial charge in [-0.05, 0) is 54.5 Å². The third-order valence-corrected chi connectivity index (χ3v) is 7.69. The van der Waals surface area contributed by atoms with Crippen molar-refractivity contribution in [2.75, 3.05) is 19.6 Å². The molecule has 0 spiro atoms. The Labute approximate surface area is 177 Å². The number of primary amides is 1. The number of rotatable bonds is 4. The molecule has 1 amide bonds. The highest BCUT2D eigenvalue weighted by atomic mass is 16.3. The van der Waals surface area contributed by atoms with Crippen LogP contribution in [-0.2, 0) is 18.4 Å². The lowest BCUT2D eigenvalue weighted by molar-refractivity contribution is -0.106. The van der Waals surface area contributed by atoms with Crippen LogP contribution in [0.4, 0.5) is 0 Å². The van der Waals surface area contributed by atoms with Gasteiger partial charge in [-0.25, -0.2) is 0 Å². The first-order chi connectivity index (χ1) is 14.4. The minimum Gasteiger partial charge on any atom is -0.388 e. The summed E-state index contributed by atoms with van der Waals surface area (Å²) in [6.07, 6.45) is 4.30. The summed E-state index contributed by atoms with van der Waals surface area (Å²) in [5.74, 6) is -0.275. The fourth-order valence-electron chi connectivity index (χ4n) is 6.19. The minimum absolute atomic E-state index is 0.0962. The zero-order valence-corrected chi connectivity index (χ0v) is 17.3. The number of aryl methyl sites for hydroxylation is 1. The molecule has 2 aromatic carbocycles. The molecule has 3 unspecified atom stereocenters. The maximum Gasteiger partial charge on any atom is 0.248 e. The summed E-state index contributed by atoms with van der Waals surface area (Å²) in [6, 6.07) is 15.6. The van der Waals surface area contributed by atoms with E-state index in [0.29, 0.717) is 18.5 Å². The summed E-state index contributed by atoms with van der Waals surface area (Å²) >= 11 is 0. The molecule has 5 nitrogen and oxygen atoms in total. The lowest BCUT2D eigenvalue weighted by Gasteiger charge is -2.47. The fraction of sp³-hybridized carbons (Fsp3) is 0.480. The molecule has 5 heteroatoms. The Morgan fingerprint density at radius 2 is 1.73 bits per heavy atom. The Morgan fingerprint density at radius 1 is 1.03 bits per heavy atom. The van der Waals surface area contributed by atoms with Gasteiger partial charge >= 0.3 is 0 Å². The van der Waals surface area contributed by atoms with Crippen molar-refractivity contribution in [3.8, 4) is 0 Å². The van der Waals surface area contributed by atoms with Gasteiger partial charge in [0, 0.05) is 43.5 Å². The van der Waals surface area contributed by atoms with Crippen LogP contribution in [-0.4, -0.2) is 46.3 Å². The number of hydrogen-bond acceptors (Lipinski definition) is 4. The van der Waals surface area contributed by atoms with Crippen molar-refractivity contribution in [2.24, 2.45) is 17.6 Å². The number of nitrogens with two attached hydrogens (primary N) is 1. The summed E-state index contributed by atoms with van der Waals surface area (Å²) in [7, 11) is 0. The molecule has 30 heavy (non-hydrogen) atoms. The summed E-state index contributed by atoms with van der Waals surface area (Å²) in [6.45, 7) is 2.17. The molecule has 5 rings (SSSR count). The largest absolute Gasteiger partial charge is 0.388 e. The molecule has 2 fully saturated rings. The standard InChI is InChI=1S/C25H30N2O3/c26-23(28)18-6-3-7-20(12-18)25(30)21-8-9-22(25)15-27(14-21)16-24(29)11-10-17-4-1-2-5-19(17)13-24/h1-7,12,21-22,29-30H,8-11,13-16H2,(H2,26,28). The molecule has 4 N–H and O–H groups in total. The van der Waals surface area contributed by atoms with Gasteiger partial charge in [0.1, 0.15) is 0 Å². The van der Waals surface area contributed by atoms with E-state index in [4.69, 9.17) is 5.73 Å². The van der Waals surface area contributed by atoms with Gasteiger partial charge in [0.25, 0.3) is 0 Å². The van der Waals surface area contributed by atoms with Gasteiger partial charge in [-0.3, -0.25) is 9.69 Å². The van der Waals surface area contributed by atoms with E-state index in [1.807, 2.05) is 12.1 Å². The predicted molar refractivity (Wildman–Crippen MR) is 115 cm³/mol. The number of aliphatic hydroxyl groups is 2. The Bertz CT molecular complexity index is 960. The number of likely N-dealkylation sites (tertiary alicyclic amines) is 1. The molecule has 3 aliphatic rings. The van der Waals surface area contributed by atoms with Gasteiger partial charge < -0.3 is 15.9 Å². The van der Waals surface area contributed by atoms with Crippen LogP contribution in [0.1, 0.15) is 46.3 Å². The number of fused-ring (bicyclic) bond motifs is 3. The molecule has 1 saturated carbocycles. The summed E-state index contributed by atoms with van der Waals surface area (Å²) in [4.78, 5) is 14.0. The molecule has 2 aliphatic carbocycles. The number of amides is 1. The van der Waals surface area contributed by atoms with Crippen LogP contribution in [0, 0.1) is 11.8 Å². The third kappa shape index (κ3) is 3.25. The predicted octanol–water partition coefficient (Wildman–Crippen LogP) is 2.23. The summed E-state index contributed by atoms with van der Waals surface area (Å²) in [5, 5.41) is 23.1. The third-order valence-electron chi connectivity index (χ3n) is 7.69. The van der Waals surface area contributed by atoms with Gasteiger partial charge in [0.2, 0.25) is 5.91 Å². The van der Waals surface area contributed by atoms with Crippen LogP contribution in [0.25, 0.3) is 0 Å². The van der Waals surface area contributed by atoms with Crippen LogP contribution < -0.4 is 5.73 Å². The van der Waals surface area contributed by atoms with Crippen LogP contribution in [0.2, 0.25) is 0 Å². The molecule has 0 aromatic heterocycles. The number of piperidine rings is 1. The van der Waals surface area contributed by atoms with E-state index in [0.717, 1.165) is 44.3 Å². The first-order valence-electron chi connectivity index (χ1n) is 11.0. The second-order valence-corrected chi connectivity index (χ2v) is 9.61. The number of carbonyl (C=O) groups excluding carboxylic acids is 1. The molecular formula is C25H30N2O3. The van der Waals surface area contributed by atoms with E-state index < -0.39 is 17.1 Å². The molecule has 1 saturated heterocycles. The van der Waals surface area contributed by atoms with Gasteiger partial charge in [-0.1, -0.05) is 36.4 Å². The van der Waals surface area contributed by atoms with Crippen molar-refractivity contribution < 1.29 is 15.0 Å². The van der Waals surface area contributed by atoms with Gasteiger partial charge in [-0.2, -0.15) is 0 Å². The normalized spacial score (nSPS) is 33.3. The number of hydrogen-bond donors (Lipinski definition) is 3. The summed E-state index contributed by atoms with van der Waals surface area (Å²) < 4.78 is 0. The second-order valence-electron chi connectivity index (χ2n) is 9.61. The van der Waals surface area contributed by atoms with Crippen molar-refractivity contribution in [3.63, 3.8) is 0 Å².